The molecule has 2 aromatic heterocycles. The third kappa shape index (κ3) is 2.56. The van der Waals surface area contributed by atoms with E-state index in [0.29, 0.717) is 12.2 Å². The Morgan fingerprint density at radius 3 is 2.71 bits per heavy atom. The lowest BCUT2D eigenvalue weighted by Gasteiger charge is -2.38. The van der Waals surface area contributed by atoms with Crippen LogP contribution in [0.5, 0.6) is 0 Å². The second kappa shape index (κ2) is 6.12. The van der Waals surface area contributed by atoms with Gasteiger partial charge < -0.3 is 21.3 Å². The molecular formula is C20H23N7O. The molecule has 0 aliphatic carbocycles. The molecule has 3 aromatic rings. The highest BCUT2D eigenvalue weighted by molar-refractivity contribution is 6.01. The van der Waals surface area contributed by atoms with Crippen molar-refractivity contribution in [1.82, 2.24) is 19.7 Å². The molecule has 1 amide bonds. The second-order valence-corrected chi connectivity index (χ2v) is 7.58. The Bertz CT molecular complexity index is 1070. The largest absolute Gasteiger partial charge is 0.399 e. The van der Waals surface area contributed by atoms with Crippen LogP contribution in [0.25, 0.3) is 22.2 Å². The molecule has 5 rings (SSSR count). The number of anilines is 3. The molecule has 28 heavy (non-hydrogen) atoms. The molecule has 2 fully saturated rings. The number of nitrogens with zero attached hydrogens (tertiary/aromatic N) is 5. The molecule has 1 unspecified atom stereocenters. The van der Waals surface area contributed by atoms with Gasteiger partial charge in [0.15, 0.2) is 11.5 Å². The van der Waals surface area contributed by atoms with Crippen molar-refractivity contribution in [3.63, 3.8) is 0 Å². The number of hydrogen-bond donors (Lipinski definition) is 2. The summed E-state index contributed by atoms with van der Waals surface area (Å²) in [6.07, 6.45) is 1.57. The van der Waals surface area contributed by atoms with Gasteiger partial charge in [-0.05, 0) is 30.2 Å². The average molecular weight is 377 g/mol. The number of rotatable bonds is 2. The quantitative estimate of drug-likeness (QED) is 0.657. The third-order valence-electron chi connectivity index (χ3n) is 5.85. The predicted octanol–water partition coefficient (Wildman–Crippen LogP) is 1.61. The smallest absolute Gasteiger partial charge is 0.223 e. The first-order valence-corrected chi connectivity index (χ1v) is 9.55. The van der Waals surface area contributed by atoms with Crippen molar-refractivity contribution in [3.05, 3.63) is 30.3 Å². The molecule has 4 heterocycles. The maximum atomic E-state index is 12.0. The number of nitrogens with two attached hydrogens (primary N) is 2. The van der Waals surface area contributed by atoms with Crippen LogP contribution in [0, 0.1) is 0 Å². The molecule has 0 saturated carbocycles. The minimum Gasteiger partial charge on any atom is -0.399 e. The zero-order chi connectivity index (χ0) is 19.4. The maximum absolute atomic E-state index is 12.0. The van der Waals surface area contributed by atoms with Gasteiger partial charge in [-0.1, -0.05) is 12.1 Å². The first kappa shape index (κ1) is 16.9. The fourth-order valence-electron chi connectivity index (χ4n) is 4.39. The van der Waals surface area contributed by atoms with E-state index < -0.39 is 0 Å². The predicted molar refractivity (Wildman–Crippen MR) is 110 cm³/mol. The van der Waals surface area contributed by atoms with Crippen LogP contribution in [0.2, 0.25) is 0 Å². The zero-order valence-corrected chi connectivity index (χ0v) is 15.8. The van der Waals surface area contributed by atoms with Crippen molar-refractivity contribution in [1.29, 1.82) is 0 Å². The van der Waals surface area contributed by atoms with Gasteiger partial charge in [0.25, 0.3) is 0 Å². The van der Waals surface area contributed by atoms with Gasteiger partial charge in [0.2, 0.25) is 5.91 Å². The van der Waals surface area contributed by atoms with Crippen LogP contribution in [0.15, 0.2) is 30.3 Å². The van der Waals surface area contributed by atoms with Crippen molar-refractivity contribution in [2.75, 3.05) is 36.0 Å². The molecule has 0 radical (unpaired) electrons. The molecule has 1 aromatic carbocycles. The molecule has 2 saturated heterocycles. The summed E-state index contributed by atoms with van der Waals surface area (Å²) in [6.45, 7) is 2.32. The summed E-state index contributed by atoms with van der Waals surface area (Å²) in [5.74, 6) is 1.63. The normalized spacial score (nSPS) is 19.5. The first-order chi connectivity index (χ1) is 13.5. The Balaban J connectivity index is 1.61. The van der Waals surface area contributed by atoms with Gasteiger partial charge in [-0.15, -0.1) is 0 Å². The van der Waals surface area contributed by atoms with Gasteiger partial charge >= 0.3 is 0 Å². The molecule has 2 aliphatic heterocycles. The van der Waals surface area contributed by atoms with Crippen molar-refractivity contribution in [3.8, 4) is 11.1 Å². The van der Waals surface area contributed by atoms with E-state index in [0.717, 1.165) is 59.7 Å². The van der Waals surface area contributed by atoms with E-state index in [4.69, 9.17) is 16.5 Å². The number of nitrogen functional groups attached to an aromatic ring is 2. The number of aromatic nitrogens is 3. The highest BCUT2D eigenvalue weighted by atomic mass is 16.2. The van der Waals surface area contributed by atoms with Gasteiger partial charge in [-0.3, -0.25) is 4.79 Å². The van der Waals surface area contributed by atoms with Crippen molar-refractivity contribution in [2.24, 2.45) is 7.05 Å². The fraction of sp³-hybridized carbons (Fsp3) is 0.350. The van der Waals surface area contributed by atoms with Crippen molar-refractivity contribution in [2.45, 2.75) is 18.9 Å². The number of pyridine rings is 1. The van der Waals surface area contributed by atoms with E-state index in [2.05, 4.69) is 16.1 Å². The molecule has 8 heteroatoms. The standard InChI is InChI=1S/C20H23N7O/c1-25-20-18(19(22)24-25)15(12-2-4-13(21)5-3-12)10-16(23-20)26-8-9-27-14(11-26)6-7-17(27)28/h2-5,10,14H,6-9,11,21H2,1H3,(H2,22,24). The Kier molecular flexibility index (Phi) is 3.68. The molecule has 0 bridgehead atoms. The lowest BCUT2D eigenvalue weighted by molar-refractivity contribution is -0.129. The average Bonchev–Trinajstić information content (AvgIpc) is 3.21. The summed E-state index contributed by atoms with van der Waals surface area (Å²) in [4.78, 5) is 21.2. The number of amides is 1. The monoisotopic (exact) mass is 377 g/mol. The van der Waals surface area contributed by atoms with E-state index in [1.165, 1.54) is 0 Å². The van der Waals surface area contributed by atoms with Gasteiger partial charge in [0, 0.05) is 50.4 Å². The molecule has 8 nitrogen and oxygen atoms in total. The number of carbonyl (C=O) groups is 1. The highest BCUT2D eigenvalue weighted by Crippen LogP contribution is 2.36. The van der Waals surface area contributed by atoms with Crippen LogP contribution in [0.1, 0.15) is 12.8 Å². The van der Waals surface area contributed by atoms with Gasteiger partial charge in [0.1, 0.15) is 5.82 Å². The number of fused-ring (bicyclic) bond motifs is 2. The number of aryl methyl sites for hydroxylation is 1. The maximum Gasteiger partial charge on any atom is 0.223 e. The molecule has 2 aliphatic rings. The van der Waals surface area contributed by atoms with Gasteiger partial charge in [0.05, 0.1) is 5.39 Å². The summed E-state index contributed by atoms with van der Waals surface area (Å²) in [5.41, 5.74) is 15.6. The minimum absolute atomic E-state index is 0.273. The number of benzene rings is 1. The molecule has 1 atom stereocenters. The molecule has 144 valence electrons. The van der Waals surface area contributed by atoms with Crippen molar-refractivity contribution < 1.29 is 4.79 Å². The zero-order valence-electron chi connectivity index (χ0n) is 15.8. The fourth-order valence-corrected chi connectivity index (χ4v) is 4.39. The van der Waals surface area contributed by atoms with E-state index >= 15 is 0 Å². The Labute approximate surface area is 162 Å². The van der Waals surface area contributed by atoms with Crippen LogP contribution >= 0.6 is 0 Å². The summed E-state index contributed by atoms with van der Waals surface area (Å²) < 4.78 is 1.73. The number of piperazine rings is 1. The van der Waals surface area contributed by atoms with E-state index in [-0.39, 0.29) is 11.9 Å². The topological polar surface area (TPSA) is 106 Å². The Hall–Kier alpha value is -3.29. The van der Waals surface area contributed by atoms with Crippen LogP contribution < -0.4 is 16.4 Å². The first-order valence-electron chi connectivity index (χ1n) is 9.55. The molecule has 0 spiro atoms. The van der Waals surface area contributed by atoms with Crippen molar-refractivity contribution >= 4 is 34.3 Å². The second-order valence-electron chi connectivity index (χ2n) is 7.58. The van der Waals surface area contributed by atoms with Crippen LogP contribution in [0.3, 0.4) is 0 Å². The van der Waals surface area contributed by atoms with Crippen LogP contribution in [0.4, 0.5) is 17.3 Å². The Morgan fingerprint density at radius 1 is 1.14 bits per heavy atom. The lowest BCUT2D eigenvalue weighted by atomic mass is 10.0. The van der Waals surface area contributed by atoms with Crippen LogP contribution in [-0.2, 0) is 11.8 Å². The Morgan fingerprint density at radius 2 is 1.93 bits per heavy atom. The van der Waals surface area contributed by atoms with E-state index in [1.807, 2.05) is 36.2 Å². The highest BCUT2D eigenvalue weighted by Gasteiger charge is 2.36. The van der Waals surface area contributed by atoms with Crippen LogP contribution in [-0.4, -0.2) is 51.2 Å². The van der Waals surface area contributed by atoms with E-state index in [1.54, 1.807) is 4.68 Å². The summed E-state index contributed by atoms with van der Waals surface area (Å²) in [6, 6.07) is 10.1. The number of hydrogen-bond acceptors (Lipinski definition) is 6. The summed E-state index contributed by atoms with van der Waals surface area (Å²) in [5, 5.41) is 5.23. The molecular weight excluding hydrogens is 354 g/mol. The third-order valence-corrected chi connectivity index (χ3v) is 5.85. The lowest BCUT2D eigenvalue weighted by Crippen LogP contribution is -2.51. The van der Waals surface area contributed by atoms with Gasteiger partial charge in [-0.2, -0.15) is 5.10 Å². The summed E-state index contributed by atoms with van der Waals surface area (Å²) >= 11 is 0. The SMILES string of the molecule is Cn1nc(N)c2c(-c3ccc(N)cc3)cc(N3CCN4C(=O)CCC4C3)nc21. The number of carbonyl (C=O) groups excluding carboxylic acids is 1. The van der Waals surface area contributed by atoms with Gasteiger partial charge in [-0.25, -0.2) is 9.67 Å². The molecule has 4 N–H and O–H groups in total. The summed E-state index contributed by atoms with van der Waals surface area (Å²) in [7, 11) is 1.86. The minimum atomic E-state index is 0.273. The van der Waals surface area contributed by atoms with E-state index in [9.17, 15) is 4.79 Å².